The van der Waals surface area contributed by atoms with Crippen molar-refractivity contribution < 1.29 is 14.4 Å². The zero-order valence-corrected chi connectivity index (χ0v) is 11.8. The van der Waals surface area contributed by atoms with Crippen LogP contribution in [0.15, 0.2) is 4.52 Å². The quantitative estimate of drug-likeness (QED) is 0.857. The predicted octanol–water partition coefficient (Wildman–Crippen LogP) is 2.30. The first-order chi connectivity index (χ1) is 9.22. The fourth-order valence-corrected chi connectivity index (χ4v) is 2.87. The average Bonchev–Trinajstić information content (AvgIpc) is 2.87. The molecule has 0 radical (unpaired) electrons. The number of aliphatic hydroxyl groups excluding tert-OH is 1. The van der Waals surface area contributed by atoms with Gasteiger partial charge in [0.15, 0.2) is 5.82 Å². The first kappa shape index (κ1) is 14.5. The molecular weight excluding hydrogens is 244 g/mol. The Hall–Kier alpha value is -0.940. The van der Waals surface area contributed by atoms with E-state index in [4.69, 9.17) is 9.26 Å². The summed E-state index contributed by atoms with van der Waals surface area (Å²) in [4.78, 5) is 4.43. The highest BCUT2D eigenvalue weighted by Crippen LogP contribution is 2.36. The molecule has 0 amide bonds. The molecule has 5 nitrogen and oxygen atoms in total. The molecule has 5 heteroatoms. The van der Waals surface area contributed by atoms with Gasteiger partial charge in [0.25, 0.3) is 0 Å². The molecule has 1 aromatic heterocycles. The predicted molar refractivity (Wildman–Crippen MR) is 70.9 cm³/mol. The highest BCUT2D eigenvalue weighted by Gasteiger charge is 2.26. The molecule has 0 bridgehead atoms. The van der Waals surface area contributed by atoms with Crippen LogP contribution in [0.2, 0.25) is 0 Å². The summed E-state index contributed by atoms with van der Waals surface area (Å²) < 4.78 is 10.1. The number of ether oxygens (including phenoxy) is 1. The summed E-state index contributed by atoms with van der Waals surface area (Å²) in [5.74, 6) is 2.55. The monoisotopic (exact) mass is 268 g/mol. The van der Waals surface area contributed by atoms with E-state index in [1.807, 2.05) is 0 Å². The Morgan fingerprint density at radius 2 is 2.32 bits per heavy atom. The Morgan fingerprint density at radius 3 is 3.05 bits per heavy atom. The summed E-state index contributed by atoms with van der Waals surface area (Å²) in [5, 5.41) is 13.7. The second-order valence-corrected chi connectivity index (χ2v) is 5.50. The van der Waals surface area contributed by atoms with E-state index in [9.17, 15) is 5.11 Å². The molecule has 3 unspecified atom stereocenters. The van der Waals surface area contributed by atoms with Gasteiger partial charge in [-0.2, -0.15) is 4.98 Å². The lowest BCUT2D eigenvalue weighted by atomic mass is 9.80. The van der Waals surface area contributed by atoms with Crippen molar-refractivity contribution in [2.75, 3.05) is 13.7 Å². The minimum atomic E-state index is -0.576. The number of nitrogens with zero attached hydrogens (tertiary/aromatic N) is 2. The van der Waals surface area contributed by atoms with Gasteiger partial charge in [-0.15, -0.1) is 0 Å². The lowest BCUT2D eigenvalue weighted by Gasteiger charge is -2.26. The number of aliphatic hydroxyl groups is 1. The van der Waals surface area contributed by atoms with E-state index in [-0.39, 0.29) is 0 Å². The van der Waals surface area contributed by atoms with E-state index in [0.717, 1.165) is 24.6 Å². The maximum atomic E-state index is 9.65. The van der Waals surface area contributed by atoms with Gasteiger partial charge in [-0.25, -0.2) is 0 Å². The lowest BCUT2D eigenvalue weighted by Crippen LogP contribution is -2.17. The number of aromatic nitrogens is 2. The van der Waals surface area contributed by atoms with Crippen molar-refractivity contribution in [3.63, 3.8) is 0 Å². The van der Waals surface area contributed by atoms with Gasteiger partial charge in [0.1, 0.15) is 0 Å². The number of hydrogen-bond acceptors (Lipinski definition) is 5. The molecule has 1 saturated carbocycles. The summed E-state index contributed by atoms with van der Waals surface area (Å²) in [7, 11) is 1.56. The van der Waals surface area contributed by atoms with E-state index < -0.39 is 6.10 Å². The normalized spacial score (nSPS) is 25.4. The molecule has 2 rings (SSSR count). The molecule has 3 atom stereocenters. The molecule has 19 heavy (non-hydrogen) atoms. The maximum Gasteiger partial charge on any atom is 0.229 e. The summed E-state index contributed by atoms with van der Waals surface area (Å²) in [6.45, 7) is 2.54. The minimum absolute atomic E-state index is 0.291. The van der Waals surface area contributed by atoms with Crippen LogP contribution in [0.3, 0.4) is 0 Å². The summed E-state index contributed by atoms with van der Waals surface area (Å²) in [6, 6.07) is 0. The smallest absolute Gasteiger partial charge is 0.229 e. The Bertz CT molecular complexity index is 381. The molecule has 1 aliphatic rings. The van der Waals surface area contributed by atoms with E-state index in [1.54, 1.807) is 7.11 Å². The Morgan fingerprint density at radius 1 is 1.47 bits per heavy atom. The molecule has 0 aromatic carbocycles. The minimum Gasteiger partial charge on any atom is -0.390 e. The molecule has 1 aliphatic carbocycles. The number of methoxy groups -OCH3 is 1. The maximum absolute atomic E-state index is 9.65. The van der Waals surface area contributed by atoms with Crippen LogP contribution in [-0.2, 0) is 11.2 Å². The van der Waals surface area contributed by atoms with Gasteiger partial charge in [0, 0.05) is 13.0 Å². The van der Waals surface area contributed by atoms with Gasteiger partial charge in [0.2, 0.25) is 5.89 Å². The van der Waals surface area contributed by atoms with Crippen molar-refractivity contribution in [2.24, 2.45) is 5.92 Å². The van der Waals surface area contributed by atoms with E-state index in [1.165, 1.54) is 19.3 Å². The lowest BCUT2D eigenvalue weighted by molar-refractivity contribution is 0.0599. The molecular formula is C14H24N2O3. The van der Waals surface area contributed by atoms with Crippen LogP contribution in [0.25, 0.3) is 0 Å². The van der Waals surface area contributed by atoms with Crippen LogP contribution >= 0.6 is 0 Å². The van der Waals surface area contributed by atoms with Crippen LogP contribution in [0.1, 0.15) is 56.7 Å². The first-order valence-electron chi connectivity index (χ1n) is 7.22. The fraction of sp³-hybridized carbons (Fsp3) is 0.857. The van der Waals surface area contributed by atoms with Crippen molar-refractivity contribution in [2.45, 2.75) is 57.5 Å². The van der Waals surface area contributed by atoms with Crippen LogP contribution in [-0.4, -0.2) is 35.1 Å². The van der Waals surface area contributed by atoms with Crippen LogP contribution in [0.4, 0.5) is 0 Å². The highest BCUT2D eigenvalue weighted by atomic mass is 16.5. The fourth-order valence-electron chi connectivity index (χ4n) is 2.87. The number of hydrogen-bond donors (Lipinski definition) is 1. The average molecular weight is 268 g/mol. The van der Waals surface area contributed by atoms with Crippen molar-refractivity contribution in [3.8, 4) is 0 Å². The first-order valence-corrected chi connectivity index (χ1v) is 7.22. The molecule has 0 aliphatic heterocycles. The van der Waals surface area contributed by atoms with Gasteiger partial charge in [-0.1, -0.05) is 31.3 Å². The second kappa shape index (κ2) is 7.01. The summed E-state index contributed by atoms with van der Waals surface area (Å²) in [6.07, 6.45) is 5.90. The molecule has 1 heterocycles. The van der Waals surface area contributed by atoms with Crippen molar-refractivity contribution >= 4 is 0 Å². The second-order valence-electron chi connectivity index (χ2n) is 5.50. The molecule has 0 saturated heterocycles. The summed E-state index contributed by atoms with van der Waals surface area (Å²) in [5.41, 5.74) is 0. The van der Waals surface area contributed by atoms with Gasteiger partial charge in [-0.3, -0.25) is 0 Å². The third-order valence-corrected chi connectivity index (χ3v) is 3.98. The summed E-state index contributed by atoms with van der Waals surface area (Å²) >= 11 is 0. The molecule has 1 N–H and O–H groups in total. The third-order valence-electron chi connectivity index (χ3n) is 3.98. The van der Waals surface area contributed by atoms with Crippen LogP contribution in [0.5, 0.6) is 0 Å². The van der Waals surface area contributed by atoms with E-state index in [2.05, 4.69) is 17.1 Å². The van der Waals surface area contributed by atoms with Gasteiger partial charge in [0.05, 0.1) is 19.1 Å². The van der Waals surface area contributed by atoms with Gasteiger partial charge >= 0.3 is 0 Å². The Labute approximate surface area is 114 Å². The van der Waals surface area contributed by atoms with Crippen molar-refractivity contribution in [3.05, 3.63) is 11.7 Å². The topological polar surface area (TPSA) is 68.4 Å². The molecule has 1 aromatic rings. The molecule has 0 spiro atoms. The van der Waals surface area contributed by atoms with Crippen molar-refractivity contribution in [1.29, 1.82) is 0 Å². The van der Waals surface area contributed by atoms with Crippen molar-refractivity contribution in [1.82, 2.24) is 10.1 Å². The third kappa shape index (κ3) is 4.01. The van der Waals surface area contributed by atoms with Gasteiger partial charge < -0.3 is 14.4 Å². The zero-order chi connectivity index (χ0) is 13.7. The van der Waals surface area contributed by atoms with E-state index >= 15 is 0 Å². The Balaban J connectivity index is 1.92. The Kier molecular flexibility index (Phi) is 5.34. The van der Waals surface area contributed by atoms with E-state index in [0.29, 0.717) is 24.8 Å². The highest BCUT2D eigenvalue weighted by molar-refractivity contribution is 4.98. The molecule has 108 valence electrons. The zero-order valence-electron chi connectivity index (χ0n) is 11.8. The van der Waals surface area contributed by atoms with Crippen LogP contribution < -0.4 is 0 Å². The number of rotatable bonds is 6. The molecule has 1 fully saturated rings. The standard InChI is InChI=1S/C14H24N2O3/c1-3-10-5-4-6-11(7-10)14-15-13(19-16-14)8-12(17)9-18-2/h10-12,17H,3-9H2,1-2H3. The van der Waals surface area contributed by atoms with Crippen LogP contribution in [0, 0.1) is 5.92 Å². The largest absolute Gasteiger partial charge is 0.390 e. The van der Waals surface area contributed by atoms with Gasteiger partial charge in [-0.05, 0) is 18.8 Å². The SMILES string of the molecule is CCC1CCCC(c2noc(CC(O)COC)n2)C1.